The van der Waals surface area contributed by atoms with Crippen molar-refractivity contribution in [2.45, 2.75) is 45.2 Å². The van der Waals surface area contributed by atoms with Gasteiger partial charge in [-0.1, -0.05) is 42.6 Å². The van der Waals surface area contributed by atoms with Gasteiger partial charge in [0.1, 0.15) is 0 Å². The van der Waals surface area contributed by atoms with Gasteiger partial charge in [0, 0.05) is 10.0 Å². The minimum Gasteiger partial charge on any atom is -0.348 e. The Kier molecular flexibility index (Phi) is 5.65. The molecule has 1 aromatic carbocycles. The molecule has 1 amide bonds. The lowest BCUT2D eigenvalue weighted by Crippen LogP contribution is -2.52. The highest BCUT2D eigenvalue weighted by Crippen LogP contribution is 2.26. The smallest absolute Gasteiger partial charge is 0.240 e. The molecule has 3 nitrogen and oxygen atoms in total. The Morgan fingerprint density at radius 2 is 2.11 bits per heavy atom. The number of carbonyl (C=O) groups is 1. The largest absolute Gasteiger partial charge is 0.348 e. The molecule has 0 aliphatic rings. The zero-order chi connectivity index (χ0) is 14.6. The molecule has 2 unspecified atom stereocenters. The Labute approximate surface area is 124 Å². The summed E-state index contributed by atoms with van der Waals surface area (Å²) in [5.74, 6) is -0.173. The molecule has 0 spiro atoms. The van der Waals surface area contributed by atoms with Crippen molar-refractivity contribution in [2.75, 3.05) is 0 Å². The van der Waals surface area contributed by atoms with E-state index in [0.29, 0.717) is 16.5 Å². The van der Waals surface area contributed by atoms with Crippen LogP contribution in [0, 0.1) is 0 Å². The van der Waals surface area contributed by atoms with E-state index in [2.05, 4.69) is 5.32 Å². The molecule has 0 fully saturated rings. The Morgan fingerprint density at radius 1 is 1.47 bits per heavy atom. The predicted molar refractivity (Wildman–Crippen MR) is 80.5 cm³/mol. The first kappa shape index (κ1) is 16.3. The van der Waals surface area contributed by atoms with E-state index in [4.69, 9.17) is 28.9 Å². The second-order valence-electron chi connectivity index (χ2n) is 5.03. The van der Waals surface area contributed by atoms with Crippen molar-refractivity contribution in [1.82, 2.24) is 5.32 Å². The molecule has 19 heavy (non-hydrogen) atoms. The number of halogens is 2. The van der Waals surface area contributed by atoms with Crippen LogP contribution in [0.4, 0.5) is 0 Å². The molecule has 0 radical (unpaired) electrons. The monoisotopic (exact) mass is 302 g/mol. The van der Waals surface area contributed by atoms with Gasteiger partial charge in [-0.05, 0) is 38.0 Å². The molecule has 0 aromatic heterocycles. The van der Waals surface area contributed by atoms with E-state index in [1.807, 2.05) is 19.9 Å². The molecule has 1 aromatic rings. The third-order valence-corrected chi connectivity index (χ3v) is 3.63. The van der Waals surface area contributed by atoms with Gasteiger partial charge < -0.3 is 11.1 Å². The van der Waals surface area contributed by atoms with Crippen molar-refractivity contribution in [3.05, 3.63) is 33.8 Å². The minimum absolute atomic E-state index is 0.173. The lowest BCUT2D eigenvalue weighted by atomic mass is 9.95. The molecule has 0 aliphatic heterocycles. The van der Waals surface area contributed by atoms with Crippen molar-refractivity contribution in [3.8, 4) is 0 Å². The van der Waals surface area contributed by atoms with Gasteiger partial charge in [-0.15, -0.1) is 0 Å². The number of amides is 1. The van der Waals surface area contributed by atoms with Crippen molar-refractivity contribution < 1.29 is 4.79 Å². The van der Waals surface area contributed by atoms with Crippen LogP contribution >= 0.6 is 23.2 Å². The highest BCUT2D eigenvalue weighted by molar-refractivity contribution is 6.35. The van der Waals surface area contributed by atoms with Gasteiger partial charge in [0.05, 0.1) is 11.6 Å². The first-order valence-corrected chi connectivity index (χ1v) is 7.08. The summed E-state index contributed by atoms with van der Waals surface area (Å²) in [4.78, 5) is 12.1. The summed E-state index contributed by atoms with van der Waals surface area (Å²) in [6.45, 7) is 5.61. The fourth-order valence-electron chi connectivity index (χ4n) is 1.92. The van der Waals surface area contributed by atoms with Crippen molar-refractivity contribution in [3.63, 3.8) is 0 Å². The number of carbonyl (C=O) groups excluding carboxylic acids is 1. The molecular formula is C14H20Cl2N2O. The number of nitrogens with two attached hydrogens (primary N) is 1. The van der Waals surface area contributed by atoms with Crippen molar-refractivity contribution in [2.24, 2.45) is 5.73 Å². The van der Waals surface area contributed by atoms with Crippen LogP contribution in [0.5, 0.6) is 0 Å². The zero-order valence-electron chi connectivity index (χ0n) is 11.5. The van der Waals surface area contributed by atoms with E-state index >= 15 is 0 Å². The Morgan fingerprint density at radius 3 is 2.63 bits per heavy atom. The van der Waals surface area contributed by atoms with Crippen LogP contribution < -0.4 is 11.1 Å². The molecule has 0 saturated carbocycles. The molecule has 0 aliphatic carbocycles. The molecule has 0 saturated heterocycles. The van der Waals surface area contributed by atoms with Gasteiger partial charge in [0.2, 0.25) is 5.91 Å². The SMILES string of the molecule is CCCC(C)(N)C(=O)NC(C)c1ccc(Cl)cc1Cl. The molecule has 106 valence electrons. The average Bonchev–Trinajstić information content (AvgIpc) is 2.28. The summed E-state index contributed by atoms with van der Waals surface area (Å²) in [6.07, 6.45) is 1.50. The van der Waals surface area contributed by atoms with Crippen LogP contribution in [0.2, 0.25) is 10.0 Å². The predicted octanol–water partition coefficient (Wildman–Crippen LogP) is 3.69. The fourth-order valence-corrected chi connectivity index (χ4v) is 2.50. The number of nitrogens with one attached hydrogen (secondary N) is 1. The van der Waals surface area contributed by atoms with Crippen LogP contribution in [0.15, 0.2) is 18.2 Å². The Hall–Kier alpha value is -0.770. The summed E-state index contributed by atoms with van der Waals surface area (Å²) in [5, 5.41) is 4.00. The second kappa shape index (κ2) is 6.60. The highest BCUT2D eigenvalue weighted by Gasteiger charge is 2.28. The van der Waals surface area contributed by atoms with E-state index < -0.39 is 5.54 Å². The van der Waals surface area contributed by atoms with Crippen LogP contribution in [0.1, 0.15) is 45.2 Å². The lowest BCUT2D eigenvalue weighted by molar-refractivity contribution is -0.126. The topological polar surface area (TPSA) is 55.1 Å². The van der Waals surface area contributed by atoms with E-state index in [9.17, 15) is 4.79 Å². The molecule has 0 heterocycles. The van der Waals surface area contributed by atoms with Crippen LogP contribution in [-0.2, 0) is 4.79 Å². The Bertz CT molecular complexity index is 461. The van der Waals surface area contributed by atoms with Gasteiger partial charge in [0.15, 0.2) is 0 Å². The molecular weight excluding hydrogens is 283 g/mol. The van der Waals surface area contributed by atoms with Crippen molar-refractivity contribution in [1.29, 1.82) is 0 Å². The zero-order valence-corrected chi connectivity index (χ0v) is 13.0. The summed E-state index contributed by atoms with van der Waals surface area (Å²) in [6, 6.07) is 5.01. The lowest BCUT2D eigenvalue weighted by Gasteiger charge is -2.26. The summed E-state index contributed by atoms with van der Waals surface area (Å²) in [5.41, 5.74) is 5.96. The molecule has 1 rings (SSSR count). The normalized spacial score (nSPS) is 15.7. The highest BCUT2D eigenvalue weighted by atomic mass is 35.5. The molecule has 0 bridgehead atoms. The van der Waals surface area contributed by atoms with Gasteiger partial charge in [-0.25, -0.2) is 0 Å². The van der Waals surface area contributed by atoms with Gasteiger partial charge in [0.25, 0.3) is 0 Å². The molecule has 5 heteroatoms. The second-order valence-corrected chi connectivity index (χ2v) is 5.87. The number of benzene rings is 1. The van der Waals surface area contributed by atoms with Crippen LogP contribution in [0.3, 0.4) is 0 Å². The summed E-state index contributed by atoms with van der Waals surface area (Å²) < 4.78 is 0. The average molecular weight is 303 g/mol. The minimum atomic E-state index is -0.859. The van der Waals surface area contributed by atoms with E-state index in [1.54, 1.807) is 19.1 Å². The van der Waals surface area contributed by atoms with E-state index in [-0.39, 0.29) is 11.9 Å². The first-order valence-electron chi connectivity index (χ1n) is 6.32. The fraction of sp³-hybridized carbons (Fsp3) is 0.500. The van der Waals surface area contributed by atoms with Crippen LogP contribution in [-0.4, -0.2) is 11.4 Å². The maximum atomic E-state index is 12.1. The third kappa shape index (κ3) is 4.37. The summed E-state index contributed by atoms with van der Waals surface area (Å²) >= 11 is 12.0. The quantitative estimate of drug-likeness (QED) is 0.871. The third-order valence-electron chi connectivity index (χ3n) is 3.06. The molecule has 2 atom stereocenters. The van der Waals surface area contributed by atoms with Gasteiger partial charge >= 0.3 is 0 Å². The maximum Gasteiger partial charge on any atom is 0.240 e. The standard InChI is InChI=1S/C14H20Cl2N2O/c1-4-7-14(3,17)13(19)18-9(2)11-6-5-10(15)8-12(11)16/h5-6,8-9H,4,7,17H2,1-3H3,(H,18,19). The van der Waals surface area contributed by atoms with Crippen molar-refractivity contribution >= 4 is 29.1 Å². The van der Waals surface area contributed by atoms with E-state index in [1.165, 1.54) is 0 Å². The van der Waals surface area contributed by atoms with Gasteiger partial charge in [-0.2, -0.15) is 0 Å². The number of rotatable bonds is 5. The first-order chi connectivity index (χ1) is 8.77. The summed E-state index contributed by atoms with van der Waals surface area (Å²) in [7, 11) is 0. The number of hydrogen-bond acceptors (Lipinski definition) is 2. The molecule has 3 N–H and O–H groups in total. The van der Waals surface area contributed by atoms with E-state index in [0.717, 1.165) is 12.0 Å². The number of hydrogen-bond donors (Lipinski definition) is 2. The van der Waals surface area contributed by atoms with Gasteiger partial charge in [-0.3, -0.25) is 4.79 Å². The Balaban J connectivity index is 2.79. The van der Waals surface area contributed by atoms with Crippen LogP contribution in [0.25, 0.3) is 0 Å². The maximum absolute atomic E-state index is 12.1.